The second-order valence-electron chi connectivity index (χ2n) is 7.66. The lowest BCUT2D eigenvalue weighted by molar-refractivity contribution is -0.123. The molecule has 2 aromatic carbocycles. The molecule has 0 aliphatic carbocycles. The number of nitrogens with one attached hydrogen (secondary N) is 3. The maximum Gasteiger partial charge on any atom is 0.257 e. The molecule has 3 aromatic rings. The number of carbonyl (C=O) groups is 2. The number of anilines is 2. The standard InChI is InChI=1S/C23H21ClN4O3S/c1-12-4-3-5-14(8-12)11-32-23-27-20-19(22(31)28-23)16(10-18(29)26-20)21(30)25-17-9-15(24)7-6-13(17)2/h3-9,16H,10-11H2,1-2H3,(H,25,30)(H2,26,27,28,29,31)/t16-/m0/s1. The number of hydrogen-bond donors (Lipinski definition) is 3. The van der Waals surface area contributed by atoms with Crippen molar-refractivity contribution in [3.8, 4) is 0 Å². The Hall–Kier alpha value is -3.10. The first-order chi connectivity index (χ1) is 15.3. The van der Waals surface area contributed by atoms with Gasteiger partial charge >= 0.3 is 0 Å². The van der Waals surface area contributed by atoms with E-state index in [1.165, 1.54) is 11.8 Å². The molecular weight excluding hydrogens is 448 g/mol. The monoisotopic (exact) mass is 468 g/mol. The van der Waals surface area contributed by atoms with Crippen LogP contribution >= 0.6 is 23.4 Å². The van der Waals surface area contributed by atoms with Crippen molar-refractivity contribution in [2.75, 3.05) is 10.6 Å². The first-order valence-corrected chi connectivity index (χ1v) is 11.4. The molecule has 1 atom stereocenters. The van der Waals surface area contributed by atoms with Crippen molar-refractivity contribution >= 4 is 46.7 Å². The molecule has 164 valence electrons. The van der Waals surface area contributed by atoms with E-state index >= 15 is 0 Å². The van der Waals surface area contributed by atoms with Crippen LogP contribution in [0.15, 0.2) is 52.4 Å². The maximum atomic E-state index is 13.0. The minimum absolute atomic E-state index is 0.125. The predicted molar refractivity (Wildman–Crippen MR) is 126 cm³/mol. The number of aryl methyl sites for hydroxylation is 2. The molecule has 0 bridgehead atoms. The van der Waals surface area contributed by atoms with Gasteiger partial charge in [0, 0.05) is 22.9 Å². The molecule has 2 heterocycles. The number of halogens is 1. The van der Waals surface area contributed by atoms with Gasteiger partial charge in [-0.05, 0) is 37.1 Å². The van der Waals surface area contributed by atoms with Crippen LogP contribution in [0.25, 0.3) is 0 Å². The zero-order valence-corrected chi connectivity index (χ0v) is 19.1. The number of H-pyrrole nitrogens is 1. The van der Waals surface area contributed by atoms with Crippen molar-refractivity contribution in [1.29, 1.82) is 0 Å². The van der Waals surface area contributed by atoms with Gasteiger partial charge in [-0.2, -0.15) is 0 Å². The molecule has 0 saturated heterocycles. The van der Waals surface area contributed by atoms with Gasteiger partial charge in [0.25, 0.3) is 5.56 Å². The first-order valence-electron chi connectivity index (χ1n) is 9.99. The summed E-state index contributed by atoms with van der Waals surface area (Å²) in [6, 6.07) is 13.2. The van der Waals surface area contributed by atoms with Crippen molar-refractivity contribution in [3.63, 3.8) is 0 Å². The topological polar surface area (TPSA) is 104 Å². The minimum Gasteiger partial charge on any atom is -0.325 e. The number of aromatic nitrogens is 2. The number of fused-ring (bicyclic) bond motifs is 1. The fourth-order valence-electron chi connectivity index (χ4n) is 3.55. The molecule has 0 fully saturated rings. The smallest absolute Gasteiger partial charge is 0.257 e. The number of aromatic amines is 1. The molecule has 9 heteroatoms. The highest BCUT2D eigenvalue weighted by molar-refractivity contribution is 7.98. The van der Waals surface area contributed by atoms with Gasteiger partial charge in [-0.15, -0.1) is 0 Å². The second kappa shape index (κ2) is 9.18. The summed E-state index contributed by atoms with van der Waals surface area (Å²) in [5.41, 5.74) is 3.30. The fourth-order valence-corrected chi connectivity index (χ4v) is 4.52. The van der Waals surface area contributed by atoms with E-state index in [9.17, 15) is 14.4 Å². The number of amides is 2. The lowest BCUT2D eigenvalue weighted by Gasteiger charge is -2.24. The van der Waals surface area contributed by atoms with Crippen LogP contribution in [0.5, 0.6) is 0 Å². The average Bonchev–Trinajstić information content (AvgIpc) is 2.74. The third-order valence-corrected chi connectivity index (χ3v) is 6.34. The van der Waals surface area contributed by atoms with Gasteiger partial charge in [-0.3, -0.25) is 14.4 Å². The van der Waals surface area contributed by atoms with Gasteiger partial charge < -0.3 is 15.6 Å². The van der Waals surface area contributed by atoms with Crippen LogP contribution in [0, 0.1) is 13.8 Å². The number of hydrogen-bond acceptors (Lipinski definition) is 5. The van der Waals surface area contributed by atoms with Crippen LogP contribution in [0.1, 0.15) is 34.6 Å². The fraction of sp³-hybridized carbons (Fsp3) is 0.217. The van der Waals surface area contributed by atoms with E-state index in [1.54, 1.807) is 18.2 Å². The highest BCUT2D eigenvalue weighted by Crippen LogP contribution is 2.31. The molecule has 0 unspecified atom stereocenters. The van der Waals surface area contributed by atoms with Crippen LogP contribution in [-0.2, 0) is 15.3 Å². The summed E-state index contributed by atoms with van der Waals surface area (Å²) in [6.45, 7) is 3.85. The number of thioether (sulfide) groups is 1. The van der Waals surface area contributed by atoms with E-state index in [1.807, 2.05) is 32.0 Å². The van der Waals surface area contributed by atoms with Gasteiger partial charge in [0.05, 0.1) is 11.5 Å². The molecule has 2 amide bonds. The third kappa shape index (κ3) is 4.87. The van der Waals surface area contributed by atoms with Gasteiger partial charge in [0.15, 0.2) is 5.16 Å². The van der Waals surface area contributed by atoms with Crippen molar-refractivity contribution in [3.05, 3.63) is 80.1 Å². The maximum absolute atomic E-state index is 13.0. The number of nitrogens with zero attached hydrogens (tertiary/aromatic N) is 1. The summed E-state index contributed by atoms with van der Waals surface area (Å²) in [7, 11) is 0. The summed E-state index contributed by atoms with van der Waals surface area (Å²) < 4.78 is 0. The molecule has 4 rings (SSSR count). The predicted octanol–water partition coefficient (Wildman–Crippen LogP) is 4.40. The molecule has 1 aliphatic heterocycles. The highest BCUT2D eigenvalue weighted by atomic mass is 35.5. The minimum atomic E-state index is -0.954. The number of rotatable bonds is 5. The van der Waals surface area contributed by atoms with Crippen LogP contribution in [0.3, 0.4) is 0 Å². The molecule has 32 heavy (non-hydrogen) atoms. The SMILES string of the molecule is Cc1cccc(CSc2nc3c(c(=O)[nH]2)[C@@H](C(=O)Nc2cc(Cl)ccc2C)CC(=O)N3)c1. The van der Waals surface area contributed by atoms with E-state index in [0.717, 1.165) is 16.7 Å². The number of benzene rings is 2. The number of carbonyl (C=O) groups excluding carboxylic acids is 2. The Morgan fingerprint density at radius 3 is 2.81 bits per heavy atom. The molecule has 0 saturated carbocycles. The largest absolute Gasteiger partial charge is 0.325 e. The van der Waals surface area contributed by atoms with Crippen molar-refractivity contribution < 1.29 is 9.59 Å². The van der Waals surface area contributed by atoms with Crippen LogP contribution < -0.4 is 16.2 Å². The van der Waals surface area contributed by atoms with Crippen molar-refractivity contribution in [2.45, 2.75) is 37.1 Å². The van der Waals surface area contributed by atoms with Crippen LogP contribution in [-0.4, -0.2) is 21.8 Å². The average molecular weight is 469 g/mol. The summed E-state index contributed by atoms with van der Waals surface area (Å²) in [5, 5.41) is 6.27. The van der Waals surface area contributed by atoms with Gasteiger partial charge in [-0.1, -0.05) is 59.3 Å². The van der Waals surface area contributed by atoms with Gasteiger partial charge in [0.1, 0.15) is 5.82 Å². The molecule has 0 radical (unpaired) electrons. The lowest BCUT2D eigenvalue weighted by Crippen LogP contribution is -2.36. The van der Waals surface area contributed by atoms with Gasteiger partial charge in [-0.25, -0.2) is 4.98 Å². The quantitative estimate of drug-likeness (QED) is 0.380. The Morgan fingerprint density at radius 1 is 1.22 bits per heavy atom. The molecule has 0 spiro atoms. The Kier molecular flexibility index (Phi) is 6.34. The molecule has 1 aromatic heterocycles. The van der Waals surface area contributed by atoms with E-state index in [2.05, 4.69) is 26.7 Å². The van der Waals surface area contributed by atoms with Crippen LogP contribution in [0.2, 0.25) is 5.02 Å². The summed E-state index contributed by atoms with van der Waals surface area (Å²) in [4.78, 5) is 45.3. The summed E-state index contributed by atoms with van der Waals surface area (Å²) >= 11 is 7.39. The normalized spacial score (nSPS) is 15.1. The first kappa shape index (κ1) is 22.1. The molecular formula is C23H21ClN4O3S. The Bertz CT molecular complexity index is 1270. The zero-order chi connectivity index (χ0) is 22.8. The van der Waals surface area contributed by atoms with Crippen molar-refractivity contribution in [2.24, 2.45) is 0 Å². The molecule has 7 nitrogen and oxygen atoms in total. The van der Waals surface area contributed by atoms with E-state index in [4.69, 9.17) is 11.6 Å². The second-order valence-corrected chi connectivity index (χ2v) is 9.06. The Labute approximate surface area is 194 Å². The Balaban J connectivity index is 1.59. The van der Waals surface area contributed by atoms with Gasteiger partial charge in [0.2, 0.25) is 11.8 Å². The lowest BCUT2D eigenvalue weighted by atomic mass is 9.92. The van der Waals surface area contributed by atoms with E-state index < -0.39 is 17.4 Å². The Morgan fingerprint density at radius 2 is 2.03 bits per heavy atom. The molecule has 3 N–H and O–H groups in total. The summed E-state index contributed by atoms with van der Waals surface area (Å²) in [6.07, 6.45) is -0.140. The molecule has 1 aliphatic rings. The van der Waals surface area contributed by atoms with E-state index in [0.29, 0.717) is 21.6 Å². The van der Waals surface area contributed by atoms with E-state index in [-0.39, 0.29) is 23.7 Å². The highest BCUT2D eigenvalue weighted by Gasteiger charge is 2.35. The zero-order valence-electron chi connectivity index (χ0n) is 17.5. The summed E-state index contributed by atoms with van der Waals surface area (Å²) in [5.74, 6) is -1.05. The van der Waals surface area contributed by atoms with Crippen molar-refractivity contribution in [1.82, 2.24) is 9.97 Å². The third-order valence-electron chi connectivity index (χ3n) is 5.16. The van der Waals surface area contributed by atoms with Crippen LogP contribution in [0.4, 0.5) is 11.5 Å².